The molecule has 1 aromatic rings. The van der Waals surface area contributed by atoms with Crippen molar-refractivity contribution in [2.75, 3.05) is 19.8 Å². The predicted molar refractivity (Wildman–Crippen MR) is 71.9 cm³/mol. The highest BCUT2D eigenvalue weighted by atomic mass is 19.1. The van der Waals surface area contributed by atoms with Crippen molar-refractivity contribution in [1.82, 2.24) is 5.32 Å². The van der Waals surface area contributed by atoms with Gasteiger partial charge in [-0.25, -0.2) is 4.39 Å². The molecule has 0 amide bonds. The number of carbonyl (C=O) groups excluding carboxylic acids is 1. The van der Waals surface area contributed by atoms with Crippen LogP contribution in [-0.4, -0.2) is 31.6 Å². The summed E-state index contributed by atoms with van der Waals surface area (Å²) in [6, 6.07) is 4.51. The average molecular weight is 265 g/mol. The summed E-state index contributed by atoms with van der Waals surface area (Å²) in [5.74, 6) is -0.609. The molecule has 0 bridgehead atoms. The van der Waals surface area contributed by atoms with E-state index >= 15 is 0 Å². The number of hydrogen-bond donors (Lipinski definition) is 1. The summed E-state index contributed by atoms with van der Waals surface area (Å²) in [5.41, 5.74) is 1.21. The van der Waals surface area contributed by atoms with Gasteiger partial charge in [-0.05, 0) is 43.7 Å². The minimum absolute atomic E-state index is 0.0336. The summed E-state index contributed by atoms with van der Waals surface area (Å²) in [6.45, 7) is 5.69. The summed E-state index contributed by atoms with van der Waals surface area (Å²) in [6.07, 6.45) is 1.01. The number of carbonyl (C=O) groups is 1. The zero-order chi connectivity index (χ0) is 13.8. The number of ether oxygens (including phenoxy) is 1. The van der Waals surface area contributed by atoms with Gasteiger partial charge in [-0.2, -0.15) is 0 Å². The fourth-order valence-corrected chi connectivity index (χ4v) is 2.44. The van der Waals surface area contributed by atoms with Gasteiger partial charge in [0.2, 0.25) is 0 Å². The van der Waals surface area contributed by atoms with Crippen LogP contribution < -0.4 is 5.32 Å². The summed E-state index contributed by atoms with van der Waals surface area (Å²) < 4.78 is 18.8. The number of aryl methyl sites for hydroxylation is 1. The number of Topliss-reactive ketones (excluding diaryl/α,β-unsaturated/α-hetero) is 1. The number of ketones is 1. The van der Waals surface area contributed by atoms with Crippen molar-refractivity contribution in [3.63, 3.8) is 0 Å². The SMILES string of the molecule is CCCNC1COCC1C(=O)c1cc(C)cc(F)c1. The van der Waals surface area contributed by atoms with Gasteiger partial charge in [0, 0.05) is 11.6 Å². The fraction of sp³-hybridized carbons (Fsp3) is 0.533. The van der Waals surface area contributed by atoms with Crippen molar-refractivity contribution in [3.8, 4) is 0 Å². The molecule has 0 saturated carbocycles. The maximum Gasteiger partial charge on any atom is 0.170 e. The van der Waals surface area contributed by atoms with E-state index in [2.05, 4.69) is 12.2 Å². The first kappa shape index (κ1) is 14.2. The Bertz CT molecular complexity index is 441. The van der Waals surface area contributed by atoms with Crippen molar-refractivity contribution in [3.05, 3.63) is 35.1 Å². The van der Waals surface area contributed by atoms with E-state index in [1.807, 2.05) is 0 Å². The Morgan fingerprint density at radius 1 is 1.42 bits per heavy atom. The molecule has 1 aromatic carbocycles. The van der Waals surface area contributed by atoms with Gasteiger partial charge in [-0.1, -0.05) is 6.92 Å². The van der Waals surface area contributed by atoms with Gasteiger partial charge in [0.1, 0.15) is 5.82 Å². The van der Waals surface area contributed by atoms with E-state index in [0.29, 0.717) is 18.8 Å². The lowest BCUT2D eigenvalue weighted by Gasteiger charge is -2.18. The van der Waals surface area contributed by atoms with E-state index in [1.54, 1.807) is 13.0 Å². The third-order valence-electron chi connectivity index (χ3n) is 3.40. The summed E-state index contributed by atoms with van der Waals surface area (Å²) in [5, 5.41) is 3.32. The summed E-state index contributed by atoms with van der Waals surface area (Å²) >= 11 is 0. The van der Waals surface area contributed by atoms with E-state index in [-0.39, 0.29) is 23.6 Å². The molecule has 0 aromatic heterocycles. The Hall–Kier alpha value is -1.26. The smallest absolute Gasteiger partial charge is 0.170 e. The van der Waals surface area contributed by atoms with Crippen LogP contribution >= 0.6 is 0 Å². The number of benzene rings is 1. The largest absolute Gasteiger partial charge is 0.379 e. The van der Waals surface area contributed by atoms with Gasteiger partial charge < -0.3 is 10.1 Å². The first-order valence-electron chi connectivity index (χ1n) is 6.74. The van der Waals surface area contributed by atoms with Crippen molar-refractivity contribution >= 4 is 5.78 Å². The lowest BCUT2D eigenvalue weighted by molar-refractivity contribution is 0.0891. The molecule has 19 heavy (non-hydrogen) atoms. The lowest BCUT2D eigenvalue weighted by atomic mass is 9.92. The molecule has 1 aliphatic rings. The van der Waals surface area contributed by atoms with Gasteiger partial charge in [-0.3, -0.25) is 4.79 Å². The highest BCUT2D eigenvalue weighted by molar-refractivity contribution is 5.98. The molecule has 3 nitrogen and oxygen atoms in total. The van der Waals surface area contributed by atoms with Crippen LogP contribution in [0.15, 0.2) is 18.2 Å². The lowest BCUT2D eigenvalue weighted by Crippen LogP contribution is -2.39. The van der Waals surface area contributed by atoms with Gasteiger partial charge >= 0.3 is 0 Å². The molecular weight excluding hydrogens is 245 g/mol. The van der Waals surface area contributed by atoms with Gasteiger partial charge in [-0.15, -0.1) is 0 Å². The monoisotopic (exact) mass is 265 g/mol. The third kappa shape index (κ3) is 3.39. The minimum Gasteiger partial charge on any atom is -0.379 e. The van der Waals surface area contributed by atoms with E-state index in [1.165, 1.54) is 12.1 Å². The molecule has 104 valence electrons. The molecule has 1 aliphatic heterocycles. The average Bonchev–Trinajstić information content (AvgIpc) is 2.82. The number of halogens is 1. The van der Waals surface area contributed by atoms with Crippen LogP contribution in [0.5, 0.6) is 0 Å². The second-order valence-corrected chi connectivity index (χ2v) is 5.09. The Balaban J connectivity index is 2.13. The first-order valence-corrected chi connectivity index (χ1v) is 6.74. The van der Waals surface area contributed by atoms with Crippen LogP contribution in [0.4, 0.5) is 4.39 Å². The molecule has 0 spiro atoms. The first-order chi connectivity index (χ1) is 9.11. The normalized spacial score (nSPS) is 22.7. The molecule has 1 heterocycles. The molecule has 2 atom stereocenters. The molecule has 1 saturated heterocycles. The molecule has 1 N–H and O–H groups in total. The van der Waals surface area contributed by atoms with E-state index in [4.69, 9.17) is 4.74 Å². The standard InChI is InChI=1S/C15H20FNO2/c1-3-4-17-14-9-19-8-13(14)15(18)11-5-10(2)6-12(16)7-11/h5-7,13-14,17H,3-4,8-9H2,1-2H3. The second kappa shape index (κ2) is 6.26. The quantitative estimate of drug-likeness (QED) is 0.830. The number of nitrogens with one attached hydrogen (secondary N) is 1. The van der Waals surface area contributed by atoms with Crippen LogP contribution in [0, 0.1) is 18.7 Å². The van der Waals surface area contributed by atoms with Crippen LogP contribution in [-0.2, 0) is 4.74 Å². The highest BCUT2D eigenvalue weighted by Gasteiger charge is 2.34. The van der Waals surface area contributed by atoms with Crippen molar-refractivity contribution in [1.29, 1.82) is 0 Å². The van der Waals surface area contributed by atoms with E-state index in [9.17, 15) is 9.18 Å². The molecule has 0 aliphatic carbocycles. The molecule has 2 unspecified atom stereocenters. The van der Waals surface area contributed by atoms with Crippen molar-refractivity contribution in [2.24, 2.45) is 5.92 Å². The van der Waals surface area contributed by atoms with Crippen LogP contribution in [0.3, 0.4) is 0 Å². The van der Waals surface area contributed by atoms with Crippen molar-refractivity contribution < 1.29 is 13.9 Å². The van der Waals surface area contributed by atoms with Crippen LogP contribution in [0.2, 0.25) is 0 Å². The van der Waals surface area contributed by atoms with Gasteiger partial charge in [0.15, 0.2) is 5.78 Å². The van der Waals surface area contributed by atoms with Crippen LogP contribution in [0.1, 0.15) is 29.3 Å². The molecule has 1 fully saturated rings. The van der Waals surface area contributed by atoms with E-state index in [0.717, 1.165) is 18.5 Å². The van der Waals surface area contributed by atoms with Gasteiger partial charge in [0.25, 0.3) is 0 Å². The maximum atomic E-state index is 13.4. The zero-order valence-corrected chi connectivity index (χ0v) is 11.4. The Morgan fingerprint density at radius 3 is 2.89 bits per heavy atom. The van der Waals surface area contributed by atoms with E-state index < -0.39 is 0 Å². The summed E-state index contributed by atoms with van der Waals surface area (Å²) in [7, 11) is 0. The molecule has 0 radical (unpaired) electrons. The zero-order valence-electron chi connectivity index (χ0n) is 11.4. The Morgan fingerprint density at radius 2 is 2.21 bits per heavy atom. The predicted octanol–water partition coefficient (Wildman–Crippen LogP) is 2.33. The van der Waals surface area contributed by atoms with Crippen LogP contribution in [0.25, 0.3) is 0 Å². The highest BCUT2D eigenvalue weighted by Crippen LogP contribution is 2.21. The molecule has 2 rings (SSSR count). The number of rotatable bonds is 5. The molecular formula is C15H20FNO2. The number of hydrogen-bond acceptors (Lipinski definition) is 3. The van der Waals surface area contributed by atoms with Gasteiger partial charge in [0.05, 0.1) is 19.1 Å². The summed E-state index contributed by atoms with van der Waals surface area (Å²) in [4.78, 5) is 12.4. The maximum absolute atomic E-state index is 13.4. The Kier molecular flexibility index (Phi) is 4.66. The minimum atomic E-state index is -0.361. The molecule has 4 heteroatoms. The Labute approximate surface area is 113 Å². The second-order valence-electron chi connectivity index (χ2n) is 5.09. The third-order valence-corrected chi connectivity index (χ3v) is 3.40. The fourth-order valence-electron chi connectivity index (χ4n) is 2.44. The van der Waals surface area contributed by atoms with Crippen molar-refractivity contribution in [2.45, 2.75) is 26.3 Å². The topological polar surface area (TPSA) is 38.3 Å².